The maximum absolute atomic E-state index is 5.52. The zero-order chi connectivity index (χ0) is 18.2. The minimum atomic E-state index is 0. The molecule has 0 spiro atoms. The molecule has 4 unspecified atom stereocenters. The number of hydrogen-bond acceptors (Lipinski definition) is 4. The van der Waals surface area contributed by atoms with Crippen molar-refractivity contribution in [3.8, 4) is 0 Å². The van der Waals surface area contributed by atoms with Gasteiger partial charge in [0.25, 0.3) is 0 Å². The van der Waals surface area contributed by atoms with Crippen LogP contribution in [0.25, 0.3) is 0 Å². The van der Waals surface area contributed by atoms with E-state index in [-0.39, 0.29) is 12.4 Å². The number of halogens is 1. The largest absolute Gasteiger partial charge is 0.497 e. The van der Waals surface area contributed by atoms with Crippen LogP contribution in [0.2, 0.25) is 0 Å². The molecule has 5 heteroatoms. The molecule has 2 saturated heterocycles. The highest BCUT2D eigenvalue weighted by Gasteiger charge is 2.45. The molecular formula is C23H32ClN3O. The van der Waals surface area contributed by atoms with Gasteiger partial charge in [0.2, 0.25) is 0 Å². The number of likely N-dealkylation sites (tertiary alicyclic amines) is 1. The summed E-state index contributed by atoms with van der Waals surface area (Å²) in [4.78, 5) is 5.16. The zero-order valence-electron chi connectivity index (χ0n) is 16.7. The lowest BCUT2D eigenvalue weighted by Gasteiger charge is -2.37. The van der Waals surface area contributed by atoms with Crippen molar-refractivity contribution in [2.45, 2.75) is 31.3 Å². The second kappa shape index (κ2) is 8.48. The molecule has 1 N–H and O–H groups in total. The quantitative estimate of drug-likeness (QED) is 0.782. The van der Waals surface area contributed by atoms with Gasteiger partial charge in [0.1, 0.15) is 5.76 Å². The van der Waals surface area contributed by atoms with E-state index < -0.39 is 0 Å². The first kappa shape index (κ1) is 19.8. The van der Waals surface area contributed by atoms with Crippen LogP contribution in [-0.4, -0.2) is 61.7 Å². The van der Waals surface area contributed by atoms with Crippen molar-refractivity contribution in [3.05, 3.63) is 59.6 Å². The van der Waals surface area contributed by atoms with Crippen molar-refractivity contribution >= 4 is 12.4 Å². The molecule has 3 aliphatic heterocycles. The van der Waals surface area contributed by atoms with Crippen LogP contribution in [0.1, 0.15) is 19.3 Å². The summed E-state index contributed by atoms with van der Waals surface area (Å²) in [5.41, 5.74) is 3.03. The first-order valence-corrected chi connectivity index (χ1v) is 10.6. The van der Waals surface area contributed by atoms with E-state index in [0.717, 1.165) is 18.8 Å². The summed E-state index contributed by atoms with van der Waals surface area (Å²) in [5, 5.41) is 3.81. The van der Waals surface area contributed by atoms with Crippen LogP contribution >= 0.6 is 12.4 Å². The molecule has 0 bridgehead atoms. The maximum atomic E-state index is 5.52. The first-order chi connectivity index (χ1) is 13.3. The van der Waals surface area contributed by atoms with Gasteiger partial charge in [0, 0.05) is 43.6 Å². The summed E-state index contributed by atoms with van der Waals surface area (Å²) in [6.45, 7) is 5.95. The Hall–Kier alpha value is -1.49. The molecule has 0 amide bonds. The van der Waals surface area contributed by atoms with E-state index in [0.29, 0.717) is 23.9 Å². The molecule has 5 aliphatic rings. The highest BCUT2D eigenvalue weighted by molar-refractivity contribution is 5.85. The summed E-state index contributed by atoms with van der Waals surface area (Å²) >= 11 is 0. The minimum Gasteiger partial charge on any atom is -0.497 e. The van der Waals surface area contributed by atoms with Gasteiger partial charge in [-0.15, -0.1) is 12.4 Å². The summed E-state index contributed by atoms with van der Waals surface area (Å²) in [6.07, 6.45) is 20.2. The van der Waals surface area contributed by atoms with Crippen molar-refractivity contribution < 1.29 is 4.74 Å². The molecule has 0 saturated carbocycles. The lowest BCUT2D eigenvalue weighted by molar-refractivity contribution is 0.205. The van der Waals surface area contributed by atoms with E-state index in [1.165, 1.54) is 44.5 Å². The Balaban J connectivity index is 0.00000192. The van der Waals surface area contributed by atoms with Crippen molar-refractivity contribution in [1.82, 2.24) is 15.1 Å². The predicted octanol–water partition coefficient (Wildman–Crippen LogP) is 3.26. The van der Waals surface area contributed by atoms with Crippen molar-refractivity contribution in [2.75, 3.05) is 39.8 Å². The minimum absolute atomic E-state index is 0. The highest BCUT2D eigenvalue weighted by Crippen LogP contribution is 2.43. The number of piperidine rings is 1. The standard InChI is InChI=1S/C23H31N3O.ClH/c1-27-18-6-8-21-19(15-18)23-20-16-26(14-13-25-10-3-2-4-11-25)12-9-17(20)5-7-22(23)24-21;/h5-9,12,15,19,21-24H,2-4,10-11,13-14,16H2,1H3;1H. The number of fused-ring (bicyclic) bond motifs is 4. The van der Waals surface area contributed by atoms with Crippen molar-refractivity contribution in [2.24, 2.45) is 11.8 Å². The van der Waals surface area contributed by atoms with E-state index in [1.54, 1.807) is 12.7 Å². The number of ether oxygens (including phenoxy) is 1. The Morgan fingerprint density at radius 2 is 1.86 bits per heavy atom. The second-order valence-electron chi connectivity index (χ2n) is 8.48. The average Bonchev–Trinajstić information content (AvgIpc) is 3.11. The molecule has 2 aliphatic carbocycles. The molecule has 4 nitrogen and oxygen atoms in total. The van der Waals surface area contributed by atoms with Crippen LogP contribution in [0.5, 0.6) is 0 Å². The van der Waals surface area contributed by atoms with Gasteiger partial charge in [-0.3, -0.25) is 0 Å². The second-order valence-corrected chi connectivity index (χ2v) is 8.48. The van der Waals surface area contributed by atoms with Crippen LogP contribution in [0.4, 0.5) is 0 Å². The molecule has 2 fully saturated rings. The van der Waals surface area contributed by atoms with E-state index >= 15 is 0 Å². The lowest BCUT2D eigenvalue weighted by atomic mass is 9.75. The van der Waals surface area contributed by atoms with E-state index in [9.17, 15) is 0 Å². The number of rotatable bonds is 4. The van der Waals surface area contributed by atoms with Gasteiger partial charge in [-0.2, -0.15) is 0 Å². The van der Waals surface area contributed by atoms with E-state index in [2.05, 4.69) is 57.8 Å². The summed E-state index contributed by atoms with van der Waals surface area (Å²) < 4.78 is 5.52. The fraction of sp³-hybridized carbons (Fsp3) is 0.565. The smallest absolute Gasteiger partial charge is 0.114 e. The highest BCUT2D eigenvalue weighted by atomic mass is 35.5. The molecule has 28 heavy (non-hydrogen) atoms. The number of allylic oxidation sites excluding steroid dienone is 4. The van der Waals surface area contributed by atoms with Crippen LogP contribution in [0.15, 0.2) is 59.6 Å². The molecule has 4 atom stereocenters. The van der Waals surface area contributed by atoms with E-state index in [1.807, 2.05) is 0 Å². The normalized spacial score (nSPS) is 33.8. The van der Waals surface area contributed by atoms with Gasteiger partial charge in [-0.25, -0.2) is 0 Å². The van der Waals surface area contributed by atoms with Gasteiger partial charge >= 0.3 is 0 Å². The third-order valence-corrected chi connectivity index (χ3v) is 6.91. The third-order valence-electron chi connectivity index (χ3n) is 6.91. The van der Waals surface area contributed by atoms with Gasteiger partial charge in [0.15, 0.2) is 0 Å². The predicted molar refractivity (Wildman–Crippen MR) is 116 cm³/mol. The summed E-state index contributed by atoms with van der Waals surface area (Å²) in [7, 11) is 1.77. The molecule has 152 valence electrons. The molecular weight excluding hydrogens is 370 g/mol. The van der Waals surface area contributed by atoms with Gasteiger partial charge in [0.05, 0.1) is 7.11 Å². The molecule has 0 aromatic heterocycles. The Bertz CT molecular complexity index is 732. The maximum Gasteiger partial charge on any atom is 0.114 e. The summed E-state index contributed by atoms with van der Waals surface area (Å²) in [6, 6.07) is 0.856. The number of methoxy groups -OCH3 is 1. The van der Waals surface area contributed by atoms with Crippen LogP contribution in [0, 0.1) is 11.8 Å². The van der Waals surface area contributed by atoms with Crippen molar-refractivity contribution in [3.63, 3.8) is 0 Å². The van der Waals surface area contributed by atoms with Crippen LogP contribution in [-0.2, 0) is 4.74 Å². The SMILES string of the molecule is COC1=CC2C(C=C1)NC1C=CC3=C(CN(CCN4CCCCC4)C=C3)C12.Cl. The average molecular weight is 402 g/mol. The molecule has 0 aromatic carbocycles. The monoisotopic (exact) mass is 401 g/mol. The number of nitrogens with one attached hydrogen (secondary N) is 1. The first-order valence-electron chi connectivity index (χ1n) is 10.6. The summed E-state index contributed by atoms with van der Waals surface area (Å²) in [5.74, 6) is 2.02. The Morgan fingerprint density at radius 1 is 1.04 bits per heavy atom. The Morgan fingerprint density at radius 3 is 2.68 bits per heavy atom. The van der Waals surface area contributed by atoms with Gasteiger partial charge < -0.3 is 19.9 Å². The Kier molecular flexibility index (Phi) is 6.00. The molecule has 0 aromatic rings. The fourth-order valence-electron chi connectivity index (χ4n) is 5.42. The van der Waals surface area contributed by atoms with Gasteiger partial charge in [-0.1, -0.05) is 24.6 Å². The lowest BCUT2D eigenvalue weighted by Crippen LogP contribution is -2.39. The fourth-order valence-corrected chi connectivity index (χ4v) is 5.42. The molecule has 3 heterocycles. The number of hydrogen-bond donors (Lipinski definition) is 1. The molecule has 5 rings (SSSR count). The van der Waals surface area contributed by atoms with E-state index in [4.69, 9.17) is 4.74 Å². The van der Waals surface area contributed by atoms with Gasteiger partial charge in [-0.05, 0) is 61.5 Å². The van der Waals surface area contributed by atoms with Crippen LogP contribution < -0.4 is 5.32 Å². The Labute approximate surface area is 175 Å². The van der Waals surface area contributed by atoms with Crippen LogP contribution in [0.3, 0.4) is 0 Å². The number of nitrogens with zero attached hydrogens (tertiary/aromatic N) is 2. The topological polar surface area (TPSA) is 27.7 Å². The molecule has 0 radical (unpaired) electrons. The zero-order valence-corrected chi connectivity index (χ0v) is 17.5. The van der Waals surface area contributed by atoms with Crippen molar-refractivity contribution in [1.29, 1.82) is 0 Å². The third kappa shape index (κ3) is 3.70.